The minimum atomic E-state index is 0.0608. The number of hydrogen-bond donors (Lipinski definition) is 2. The van der Waals surface area contributed by atoms with Crippen molar-refractivity contribution in [1.29, 1.82) is 5.26 Å². The molecule has 2 heterocycles. The molecule has 9 heteroatoms. The highest BCUT2D eigenvalue weighted by molar-refractivity contribution is 5.66. The molecule has 4 rings (SSSR count). The first-order valence-corrected chi connectivity index (χ1v) is 11.1. The van der Waals surface area contributed by atoms with Crippen molar-refractivity contribution in [2.24, 2.45) is 5.73 Å². The monoisotopic (exact) mass is 461 g/mol. The Morgan fingerprint density at radius 1 is 1.12 bits per heavy atom. The summed E-state index contributed by atoms with van der Waals surface area (Å²) >= 11 is 0. The number of benzene rings is 2. The highest BCUT2D eigenvalue weighted by Crippen LogP contribution is 2.32. The van der Waals surface area contributed by atoms with Crippen molar-refractivity contribution in [3.8, 4) is 34.6 Å². The van der Waals surface area contributed by atoms with E-state index in [1.807, 2.05) is 18.2 Å². The van der Waals surface area contributed by atoms with Gasteiger partial charge in [-0.25, -0.2) is 9.97 Å². The first-order chi connectivity index (χ1) is 16.7. The van der Waals surface area contributed by atoms with Gasteiger partial charge in [-0.2, -0.15) is 5.26 Å². The van der Waals surface area contributed by atoms with Gasteiger partial charge in [0.1, 0.15) is 24.5 Å². The Hall–Kier alpha value is -3.87. The molecule has 3 N–H and O–H groups in total. The van der Waals surface area contributed by atoms with Gasteiger partial charge in [-0.05, 0) is 36.4 Å². The second-order valence-corrected chi connectivity index (χ2v) is 7.65. The van der Waals surface area contributed by atoms with Crippen LogP contribution in [-0.2, 0) is 4.74 Å². The molecule has 1 aromatic heterocycles. The fraction of sp³-hybridized carbons (Fsp3) is 0.320. The zero-order chi connectivity index (χ0) is 23.8. The number of rotatable bonds is 9. The molecule has 0 amide bonds. The number of nitrogens with one attached hydrogen (secondary N) is 1. The Balaban J connectivity index is 1.51. The van der Waals surface area contributed by atoms with Gasteiger partial charge in [0.2, 0.25) is 5.95 Å². The molecule has 2 aromatic carbocycles. The maximum atomic E-state index is 9.67. The molecule has 0 saturated carbocycles. The third kappa shape index (κ3) is 5.73. The van der Waals surface area contributed by atoms with Crippen LogP contribution in [0.3, 0.4) is 0 Å². The lowest BCUT2D eigenvalue weighted by atomic mass is 10.1. The van der Waals surface area contributed by atoms with E-state index in [2.05, 4.69) is 21.4 Å². The van der Waals surface area contributed by atoms with Gasteiger partial charge >= 0.3 is 0 Å². The summed E-state index contributed by atoms with van der Waals surface area (Å²) < 4.78 is 22.4. The van der Waals surface area contributed by atoms with Gasteiger partial charge in [-0.3, -0.25) is 0 Å². The van der Waals surface area contributed by atoms with Crippen molar-refractivity contribution in [1.82, 2.24) is 9.97 Å². The van der Waals surface area contributed by atoms with E-state index in [1.165, 1.54) is 0 Å². The maximum Gasteiger partial charge on any atom is 0.227 e. The second-order valence-electron chi connectivity index (χ2n) is 7.65. The van der Waals surface area contributed by atoms with Crippen LogP contribution in [0.1, 0.15) is 18.4 Å². The molecule has 0 radical (unpaired) electrons. The maximum absolute atomic E-state index is 9.67. The van der Waals surface area contributed by atoms with Gasteiger partial charge in [0.25, 0.3) is 0 Å². The van der Waals surface area contributed by atoms with Gasteiger partial charge in [0, 0.05) is 42.9 Å². The lowest BCUT2D eigenvalue weighted by Gasteiger charge is -2.23. The molecule has 1 aliphatic heterocycles. The molecule has 1 fully saturated rings. The SMILES string of the molecule is COc1cc(Nc2nccc(-c3ccc(OC4CCOCC4)c(C#N)c3)n2)ccc1OCCN. The van der Waals surface area contributed by atoms with E-state index in [-0.39, 0.29) is 6.10 Å². The molecule has 0 aliphatic carbocycles. The fourth-order valence-corrected chi connectivity index (χ4v) is 3.60. The first-order valence-electron chi connectivity index (χ1n) is 11.1. The molecule has 0 bridgehead atoms. The Bertz CT molecular complexity index is 1160. The zero-order valence-corrected chi connectivity index (χ0v) is 19.0. The van der Waals surface area contributed by atoms with E-state index in [9.17, 15) is 5.26 Å². The highest BCUT2D eigenvalue weighted by Gasteiger charge is 2.17. The van der Waals surface area contributed by atoms with E-state index in [0.717, 1.165) is 24.1 Å². The Labute approximate surface area is 198 Å². The molecule has 3 aromatic rings. The van der Waals surface area contributed by atoms with Crippen LogP contribution >= 0.6 is 0 Å². The van der Waals surface area contributed by atoms with Crippen LogP contribution in [0.2, 0.25) is 0 Å². The molecule has 34 heavy (non-hydrogen) atoms. The molecule has 1 saturated heterocycles. The lowest BCUT2D eigenvalue weighted by molar-refractivity contribution is 0.0254. The standard InChI is InChI=1S/C25H27N5O4/c1-31-24-15-19(3-5-23(24)33-13-9-26)29-25-28-10-6-21(30-25)17-2-4-22(18(14-17)16-27)34-20-7-11-32-12-8-20/h2-6,10,14-15,20H,7-9,11-13,26H2,1H3,(H,28,29,30). The van der Waals surface area contributed by atoms with Gasteiger partial charge in [-0.15, -0.1) is 0 Å². The number of hydrogen-bond acceptors (Lipinski definition) is 9. The molecule has 0 atom stereocenters. The van der Waals surface area contributed by atoms with Crippen molar-refractivity contribution in [3.63, 3.8) is 0 Å². The van der Waals surface area contributed by atoms with Crippen molar-refractivity contribution in [2.75, 3.05) is 38.8 Å². The molecular formula is C25H27N5O4. The van der Waals surface area contributed by atoms with Crippen LogP contribution in [-0.4, -0.2) is 49.5 Å². The molecule has 0 unspecified atom stereocenters. The van der Waals surface area contributed by atoms with E-state index in [4.69, 9.17) is 24.7 Å². The molecular weight excluding hydrogens is 434 g/mol. The minimum absolute atomic E-state index is 0.0608. The third-order valence-electron chi connectivity index (χ3n) is 5.31. The highest BCUT2D eigenvalue weighted by atomic mass is 16.5. The van der Waals surface area contributed by atoms with Crippen molar-refractivity contribution < 1.29 is 18.9 Å². The summed E-state index contributed by atoms with van der Waals surface area (Å²) in [7, 11) is 1.58. The summed E-state index contributed by atoms with van der Waals surface area (Å²) in [6, 6.07) is 15.0. The summed E-state index contributed by atoms with van der Waals surface area (Å²) in [6.45, 7) is 2.17. The third-order valence-corrected chi connectivity index (χ3v) is 5.31. The van der Waals surface area contributed by atoms with Crippen LogP contribution in [0.25, 0.3) is 11.3 Å². The predicted octanol–water partition coefficient (Wildman–Crippen LogP) is 3.66. The van der Waals surface area contributed by atoms with Crippen LogP contribution in [0.15, 0.2) is 48.7 Å². The van der Waals surface area contributed by atoms with E-state index in [1.54, 1.807) is 37.6 Å². The minimum Gasteiger partial charge on any atom is -0.493 e. The molecule has 176 valence electrons. The lowest BCUT2D eigenvalue weighted by Crippen LogP contribution is -2.26. The topological polar surface area (TPSA) is 125 Å². The van der Waals surface area contributed by atoms with Gasteiger partial charge in [0.05, 0.1) is 31.6 Å². The number of anilines is 2. The number of nitriles is 1. The van der Waals surface area contributed by atoms with Crippen molar-refractivity contribution in [3.05, 3.63) is 54.2 Å². The van der Waals surface area contributed by atoms with Gasteiger partial charge in [-0.1, -0.05) is 0 Å². The normalized spacial score (nSPS) is 13.7. The summed E-state index contributed by atoms with van der Waals surface area (Å²) in [4.78, 5) is 8.92. The van der Waals surface area contributed by atoms with Crippen molar-refractivity contribution in [2.45, 2.75) is 18.9 Å². The Kier molecular flexibility index (Phi) is 7.75. The van der Waals surface area contributed by atoms with Crippen LogP contribution in [0, 0.1) is 11.3 Å². The Morgan fingerprint density at radius 3 is 2.71 bits per heavy atom. The van der Waals surface area contributed by atoms with Crippen LogP contribution in [0.5, 0.6) is 17.2 Å². The van der Waals surface area contributed by atoms with E-state index < -0.39 is 0 Å². The first kappa shape index (κ1) is 23.3. The number of nitrogens with two attached hydrogens (primary N) is 1. The van der Waals surface area contributed by atoms with Gasteiger partial charge < -0.3 is 30.0 Å². The summed E-state index contributed by atoms with van der Waals surface area (Å²) in [6.07, 6.45) is 3.36. The number of methoxy groups -OCH3 is 1. The second kappa shape index (κ2) is 11.3. The summed E-state index contributed by atoms with van der Waals surface area (Å²) in [5.41, 5.74) is 8.19. The zero-order valence-electron chi connectivity index (χ0n) is 19.0. The summed E-state index contributed by atoms with van der Waals surface area (Å²) in [5.74, 6) is 2.18. The average molecular weight is 462 g/mol. The fourth-order valence-electron chi connectivity index (χ4n) is 3.60. The quantitative estimate of drug-likeness (QED) is 0.491. The predicted molar refractivity (Wildman–Crippen MR) is 127 cm³/mol. The number of aromatic nitrogens is 2. The van der Waals surface area contributed by atoms with Gasteiger partial charge in [0.15, 0.2) is 11.5 Å². The average Bonchev–Trinajstić information content (AvgIpc) is 2.89. The van der Waals surface area contributed by atoms with Crippen LogP contribution < -0.4 is 25.3 Å². The van der Waals surface area contributed by atoms with Crippen LogP contribution in [0.4, 0.5) is 11.6 Å². The molecule has 9 nitrogen and oxygen atoms in total. The largest absolute Gasteiger partial charge is 0.493 e. The summed E-state index contributed by atoms with van der Waals surface area (Å²) in [5, 5.41) is 12.8. The van der Waals surface area contributed by atoms with Crippen molar-refractivity contribution >= 4 is 11.6 Å². The Morgan fingerprint density at radius 2 is 1.94 bits per heavy atom. The van der Waals surface area contributed by atoms with E-state index in [0.29, 0.717) is 60.8 Å². The molecule has 1 aliphatic rings. The number of nitrogens with zero attached hydrogens (tertiary/aromatic N) is 3. The van der Waals surface area contributed by atoms with E-state index >= 15 is 0 Å². The number of ether oxygens (including phenoxy) is 4. The molecule has 0 spiro atoms. The smallest absolute Gasteiger partial charge is 0.227 e.